The van der Waals surface area contributed by atoms with Gasteiger partial charge in [0.2, 0.25) is 5.13 Å². The van der Waals surface area contributed by atoms with E-state index in [2.05, 4.69) is 15.5 Å². The lowest BCUT2D eigenvalue weighted by Crippen LogP contribution is -2.44. The largest absolute Gasteiger partial charge is 0.394 e. The van der Waals surface area contributed by atoms with Gasteiger partial charge in [-0.3, -0.25) is 0 Å². The number of hydrogen-bond acceptors (Lipinski definition) is 7. The molecule has 7 heteroatoms. The molecule has 1 aliphatic carbocycles. The molecule has 0 bridgehead atoms. The van der Waals surface area contributed by atoms with Crippen LogP contribution in [-0.2, 0) is 0 Å². The molecule has 0 amide bonds. The predicted octanol–water partition coefficient (Wildman–Crippen LogP) is 1.20. The lowest BCUT2D eigenvalue weighted by atomic mass is 10.00. The van der Waals surface area contributed by atoms with Gasteiger partial charge in [-0.05, 0) is 26.3 Å². The first-order chi connectivity index (χ1) is 8.58. The molecule has 1 aromatic rings. The summed E-state index contributed by atoms with van der Waals surface area (Å²) in [5.74, 6) is 0. The molecule has 2 atom stereocenters. The minimum absolute atomic E-state index is 0.0905. The highest BCUT2D eigenvalue weighted by atomic mass is 32.2. The number of aliphatic hydroxyl groups excluding tert-OH is 1. The predicted molar refractivity (Wildman–Crippen MR) is 76.6 cm³/mol. The number of hydrogen-bond donors (Lipinski definition) is 2. The molecule has 1 heterocycles. The molecule has 1 fully saturated rings. The first-order valence-electron chi connectivity index (χ1n) is 6.06. The maximum Gasteiger partial charge on any atom is 0.208 e. The molecule has 2 N–H and O–H groups in total. The van der Waals surface area contributed by atoms with Gasteiger partial charge in [0.15, 0.2) is 4.34 Å². The van der Waals surface area contributed by atoms with Gasteiger partial charge in [0.1, 0.15) is 0 Å². The highest BCUT2D eigenvalue weighted by Gasteiger charge is 2.38. The number of aliphatic hydroxyl groups is 1. The Balaban J connectivity index is 1.94. The minimum atomic E-state index is -0.0905. The van der Waals surface area contributed by atoms with Crippen molar-refractivity contribution in [3.05, 3.63) is 0 Å². The quantitative estimate of drug-likeness (QED) is 0.849. The lowest BCUT2D eigenvalue weighted by molar-refractivity contribution is 0.173. The number of anilines is 1. The molecule has 5 nitrogen and oxygen atoms in total. The first-order valence-corrected chi connectivity index (χ1v) is 7.75. The van der Waals surface area contributed by atoms with Crippen molar-refractivity contribution in [2.24, 2.45) is 0 Å². The Morgan fingerprint density at radius 1 is 1.56 bits per heavy atom. The monoisotopic (exact) mass is 288 g/mol. The summed E-state index contributed by atoms with van der Waals surface area (Å²) >= 11 is 3.42. The van der Waals surface area contributed by atoms with Gasteiger partial charge < -0.3 is 15.3 Å². The van der Waals surface area contributed by atoms with Crippen LogP contribution in [0.25, 0.3) is 0 Å². The average molecular weight is 288 g/mol. The van der Waals surface area contributed by atoms with Gasteiger partial charge in [0, 0.05) is 24.9 Å². The van der Waals surface area contributed by atoms with E-state index >= 15 is 0 Å². The van der Waals surface area contributed by atoms with Crippen molar-refractivity contribution in [1.82, 2.24) is 15.5 Å². The second-order valence-corrected chi connectivity index (χ2v) is 7.42. The third-order valence-electron chi connectivity index (χ3n) is 3.44. The molecule has 0 saturated heterocycles. The van der Waals surface area contributed by atoms with Crippen molar-refractivity contribution < 1.29 is 5.11 Å². The molecule has 0 radical (unpaired) electrons. The molecule has 2 rings (SSSR count). The van der Waals surface area contributed by atoms with Crippen molar-refractivity contribution in [3.63, 3.8) is 0 Å². The maximum absolute atomic E-state index is 9.47. The molecule has 0 spiro atoms. The Labute approximate surface area is 116 Å². The fourth-order valence-electron chi connectivity index (χ4n) is 2.20. The summed E-state index contributed by atoms with van der Waals surface area (Å²) in [6.45, 7) is 0.208. The zero-order valence-corrected chi connectivity index (χ0v) is 12.6. The molecular formula is C11H20N4OS2. The zero-order valence-electron chi connectivity index (χ0n) is 11.0. The van der Waals surface area contributed by atoms with Crippen LogP contribution in [0.15, 0.2) is 4.34 Å². The van der Waals surface area contributed by atoms with Gasteiger partial charge in [0.05, 0.1) is 6.61 Å². The smallest absolute Gasteiger partial charge is 0.208 e. The third-order valence-corrected chi connectivity index (χ3v) is 5.89. The van der Waals surface area contributed by atoms with E-state index in [9.17, 15) is 5.11 Å². The van der Waals surface area contributed by atoms with Crippen LogP contribution >= 0.6 is 23.1 Å². The van der Waals surface area contributed by atoms with Crippen LogP contribution in [0.5, 0.6) is 0 Å². The van der Waals surface area contributed by atoms with E-state index in [4.69, 9.17) is 0 Å². The van der Waals surface area contributed by atoms with Crippen molar-refractivity contribution >= 4 is 28.2 Å². The van der Waals surface area contributed by atoms with Gasteiger partial charge >= 0.3 is 0 Å². The second-order valence-electron chi connectivity index (χ2n) is 4.92. The van der Waals surface area contributed by atoms with Gasteiger partial charge in [0.25, 0.3) is 0 Å². The van der Waals surface area contributed by atoms with Crippen LogP contribution in [0.4, 0.5) is 5.13 Å². The Hall–Kier alpha value is -0.370. The first kappa shape index (κ1) is 14.0. The molecule has 1 aromatic heterocycles. The molecule has 0 aliphatic heterocycles. The number of nitrogens with one attached hydrogen (secondary N) is 1. The van der Waals surface area contributed by atoms with Crippen LogP contribution < -0.4 is 10.2 Å². The van der Waals surface area contributed by atoms with Crippen LogP contribution in [0.2, 0.25) is 0 Å². The van der Waals surface area contributed by atoms with Crippen LogP contribution in [0.3, 0.4) is 0 Å². The number of rotatable bonds is 5. The van der Waals surface area contributed by atoms with Crippen LogP contribution in [0.1, 0.15) is 19.3 Å². The van der Waals surface area contributed by atoms with E-state index in [1.54, 1.807) is 23.1 Å². The summed E-state index contributed by atoms with van der Waals surface area (Å²) in [5, 5.41) is 22.5. The second kappa shape index (κ2) is 5.73. The Morgan fingerprint density at radius 3 is 2.83 bits per heavy atom. The molecule has 18 heavy (non-hydrogen) atoms. The van der Waals surface area contributed by atoms with E-state index in [0.717, 1.165) is 28.7 Å². The van der Waals surface area contributed by atoms with Crippen LogP contribution in [0, 0.1) is 0 Å². The Morgan fingerprint density at radius 2 is 2.33 bits per heavy atom. The Kier molecular flexibility index (Phi) is 4.47. The van der Waals surface area contributed by atoms with Gasteiger partial charge in [-0.25, -0.2) is 0 Å². The summed E-state index contributed by atoms with van der Waals surface area (Å²) in [4.78, 5) is 1.97. The maximum atomic E-state index is 9.47. The number of thioether (sulfide) groups is 1. The SMILES string of the molecule is CNC1(CO)CCC(Sc2nnc(N(C)C)s2)C1. The molecule has 1 saturated carbocycles. The van der Waals surface area contributed by atoms with Gasteiger partial charge in [-0.1, -0.05) is 23.1 Å². The number of likely N-dealkylation sites (N-methyl/N-ethyl adjacent to an activating group) is 1. The standard InChI is InChI=1S/C11H20N4OS2/c1-12-11(7-16)5-4-8(6-11)17-10-14-13-9(18-10)15(2)3/h8,12,16H,4-7H2,1-3H3. The third kappa shape index (κ3) is 2.96. The summed E-state index contributed by atoms with van der Waals surface area (Å²) < 4.78 is 1.02. The van der Waals surface area contributed by atoms with Crippen LogP contribution in [-0.4, -0.2) is 53.8 Å². The number of nitrogens with zero attached hydrogens (tertiary/aromatic N) is 3. The highest BCUT2D eigenvalue weighted by molar-refractivity contribution is 8.01. The van der Waals surface area contributed by atoms with E-state index in [1.807, 2.05) is 26.0 Å². The van der Waals surface area contributed by atoms with Crippen molar-refractivity contribution in [3.8, 4) is 0 Å². The topological polar surface area (TPSA) is 61.3 Å². The van der Waals surface area contributed by atoms with E-state index in [1.165, 1.54) is 0 Å². The van der Waals surface area contributed by atoms with E-state index in [0.29, 0.717) is 5.25 Å². The molecule has 0 aromatic carbocycles. The number of aromatic nitrogens is 2. The van der Waals surface area contributed by atoms with E-state index < -0.39 is 0 Å². The molecule has 1 aliphatic rings. The van der Waals surface area contributed by atoms with Gasteiger partial charge in [-0.2, -0.15) is 0 Å². The fraction of sp³-hybridized carbons (Fsp3) is 0.818. The average Bonchev–Trinajstić information content (AvgIpc) is 2.97. The summed E-state index contributed by atoms with van der Waals surface area (Å²) in [7, 11) is 5.88. The van der Waals surface area contributed by atoms with Crippen molar-refractivity contribution in [2.75, 3.05) is 32.6 Å². The van der Waals surface area contributed by atoms with Gasteiger partial charge in [-0.15, -0.1) is 10.2 Å². The van der Waals surface area contributed by atoms with Crippen molar-refractivity contribution in [2.45, 2.75) is 34.4 Å². The lowest BCUT2D eigenvalue weighted by Gasteiger charge is -2.26. The van der Waals surface area contributed by atoms with E-state index in [-0.39, 0.29) is 12.1 Å². The molecular weight excluding hydrogens is 268 g/mol. The minimum Gasteiger partial charge on any atom is -0.394 e. The zero-order chi connectivity index (χ0) is 13.2. The van der Waals surface area contributed by atoms with Crippen molar-refractivity contribution in [1.29, 1.82) is 0 Å². The summed E-state index contributed by atoms with van der Waals surface area (Å²) in [6.07, 6.45) is 3.13. The summed E-state index contributed by atoms with van der Waals surface area (Å²) in [5.41, 5.74) is -0.0905. The fourth-order valence-corrected chi connectivity index (χ4v) is 4.54. The molecule has 2 unspecified atom stereocenters. The molecule has 102 valence electrons. The normalized spacial score (nSPS) is 27.7. The highest BCUT2D eigenvalue weighted by Crippen LogP contribution is 2.41. The Bertz CT molecular complexity index is 392. The summed E-state index contributed by atoms with van der Waals surface area (Å²) in [6, 6.07) is 0.